The minimum atomic E-state index is -3.70. The van der Waals surface area contributed by atoms with Crippen LogP contribution in [-0.4, -0.2) is 38.3 Å². The van der Waals surface area contributed by atoms with Gasteiger partial charge in [0.15, 0.2) is 0 Å². The second-order valence-corrected chi connectivity index (χ2v) is 8.30. The molecule has 1 aromatic heterocycles. The third-order valence-corrected chi connectivity index (χ3v) is 6.31. The van der Waals surface area contributed by atoms with Crippen molar-refractivity contribution in [3.05, 3.63) is 48.4 Å². The number of carbonyl (C=O) groups is 1. The summed E-state index contributed by atoms with van der Waals surface area (Å²) in [4.78, 5) is 12.2. The van der Waals surface area contributed by atoms with Crippen molar-refractivity contribution < 1.29 is 22.4 Å². The topological polar surface area (TPSA) is 88.8 Å². The number of carbonyl (C=O) groups excluding carboxylic acids is 1. The van der Waals surface area contributed by atoms with E-state index in [-0.39, 0.29) is 16.6 Å². The third kappa shape index (κ3) is 4.82. The maximum atomic E-state index is 13.1. The summed E-state index contributed by atoms with van der Waals surface area (Å²) in [5, 5.41) is 2.68. The first-order chi connectivity index (χ1) is 13.5. The SMILES string of the molecule is CCOc1ccc(NC(=O)/C=C/c2ccco2)cc1S(=O)(=O)N1CCCCC1. The van der Waals surface area contributed by atoms with Crippen LogP contribution >= 0.6 is 0 Å². The second kappa shape index (κ2) is 9.07. The lowest BCUT2D eigenvalue weighted by atomic mass is 10.2. The zero-order valence-corrected chi connectivity index (χ0v) is 16.6. The van der Waals surface area contributed by atoms with Crippen molar-refractivity contribution >= 4 is 27.7 Å². The van der Waals surface area contributed by atoms with E-state index in [4.69, 9.17) is 9.15 Å². The lowest BCUT2D eigenvalue weighted by molar-refractivity contribution is -0.111. The van der Waals surface area contributed by atoms with Gasteiger partial charge >= 0.3 is 0 Å². The van der Waals surface area contributed by atoms with Gasteiger partial charge in [-0.15, -0.1) is 0 Å². The Bertz CT molecular complexity index is 930. The number of anilines is 1. The normalized spacial score (nSPS) is 15.6. The fourth-order valence-corrected chi connectivity index (χ4v) is 4.71. The summed E-state index contributed by atoms with van der Waals surface area (Å²) in [7, 11) is -3.70. The van der Waals surface area contributed by atoms with Crippen molar-refractivity contribution in [2.45, 2.75) is 31.1 Å². The molecular formula is C20H24N2O5S. The lowest BCUT2D eigenvalue weighted by Gasteiger charge is -2.26. The summed E-state index contributed by atoms with van der Waals surface area (Å²) >= 11 is 0. The van der Waals surface area contributed by atoms with Crippen LogP contribution in [0.3, 0.4) is 0 Å². The summed E-state index contributed by atoms with van der Waals surface area (Å²) < 4.78 is 38.4. The van der Waals surface area contributed by atoms with E-state index < -0.39 is 10.0 Å². The van der Waals surface area contributed by atoms with Crippen molar-refractivity contribution in [3.8, 4) is 5.75 Å². The molecule has 0 radical (unpaired) electrons. The van der Waals surface area contributed by atoms with E-state index in [0.717, 1.165) is 19.3 Å². The highest BCUT2D eigenvalue weighted by Gasteiger charge is 2.29. The quantitative estimate of drug-likeness (QED) is 0.714. The fourth-order valence-electron chi connectivity index (χ4n) is 3.03. The van der Waals surface area contributed by atoms with Crippen LogP contribution in [0.5, 0.6) is 5.75 Å². The maximum absolute atomic E-state index is 13.1. The van der Waals surface area contributed by atoms with Gasteiger partial charge in [0.2, 0.25) is 15.9 Å². The lowest BCUT2D eigenvalue weighted by Crippen LogP contribution is -2.35. The van der Waals surface area contributed by atoms with E-state index in [9.17, 15) is 13.2 Å². The molecule has 0 aliphatic carbocycles. The van der Waals surface area contributed by atoms with Crippen molar-refractivity contribution in [1.82, 2.24) is 4.31 Å². The summed E-state index contributed by atoms with van der Waals surface area (Å²) in [6.07, 6.45) is 7.10. The molecule has 2 heterocycles. The van der Waals surface area contributed by atoms with E-state index in [1.807, 2.05) is 0 Å². The van der Waals surface area contributed by atoms with Crippen molar-refractivity contribution in [2.75, 3.05) is 25.0 Å². The van der Waals surface area contributed by atoms with Crippen LogP contribution in [0.1, 0.15) is 31.9 Å². The van der Waals surface area contributed by atoms with Gasteiger partial charge in [0.05, 0.1) is 12.9 Å². The molecule has 3 rings (SSSR count). The molecule has 1 fully saturated rings. The van der Waals surface area contributed by atoms with E-state index in [2.05, 4.69) is 5.32 Å². The molecule has 0 unspecified atom stereocenters. The number of benzene rings is 1. The Morgan fingerprint density at radius 2 is 2.04 bits per heavy atom. The third-order valence-electron chi connectivity index (χ3n) is 4.39. The van der Waals surface area contributed by atoms with E-state index in [0.29, 0.717) is 31.1 Å². The molecule has 0 atom stereocenters. The van der Waals surface area contributed by atoms with Gasteiger partial charge in [0.1, 0.15) is 16.4 Å². The molecule has 28 heavy (non-hydrogen) atoms. The molecule has 1 N–H and O–H groups in total. The number of hydrogen-bond donors (Lipinski definition) is 1. The van der Waals surface area contributed by atoms with Crippen LogP contribution < -0.4 is 10.1 Å². The molecule has 0 saturated carbocycles. The highest BCUT2D eigenvalue weighted by molar-refractivity contribution is 7.89. The zero-order chi connectivity index (χ0) is 20.0. The number of piperidine rings is 1. The summed E-state index contributed by atoms with van der Waals surface area (Å²) in [5.41, 5.74) is 0.383. The molecule has 1 amide bonds. The Balaban J connectivity index is 1.83. The van der Waals surface area contributed by atoms with Crippen LogP contribution in [0.15, 0.2) is 52.0 Å². The smallest absolute Gasteiger partial charge is 0.248 e. The Kier molecular flexibility index (Phi) is 6.53. The Labute approximate surface area is 165 Å². The standard InChI is InChI=1S/C20H24N2O5S/c1-2-26-18-10-8-16(21-20(23)11-9-17-7-6-14-27-17)15-19(18)28(24,25)22-12-4-3-5-13-22/h6-11,14-15H,2-5,12-13H2,1H3,(H,21,23)/b11-9+. The Hall–Kier alpha value is -2.58. The molecular weight excluding hydrogens is 380 g/mol. The molecule has 0 spiro atoms. The van der Waals surface area contributed by atoms with Gasteiger partial charge < -0.3 is 14.5 Å². The minimum Gasteiger partial charge on any atom is -0.492 e. The van der Waals surface area contributed by atoms with Gasteiger partial charge in [-0.2, -0.15) is 4.31 Å². The highest BCUT2D eigenvalue weighted by atomic mass is 32.2. The van der Waals surface area contributed by atoms with Gasteiger partial charge in [-0.25, -0.2) is 8.42 Å². The molecule has 8 heteroatoms. The van der Waals surface area contributed by atoms with Gasteiger partial charge in [-0.05, 0) is 56.2 Å². The molecule has 1 aliphatic rings. The number of furan rings is 1. The molecule has 1 aromatic carbocycles. The number of rotatable bonds is 7. The monoisotopic (exact) mass is 404 g/mol. The van der Waals surface area contributed by atoms with Gasteiger partial charge in [-0.3, -0.25) is 4.79 Å². The van der Waals surface area contributed by atoms with Crippen LogP contribution in [0.25, 0.3) is 6.08 Å². The predicted octanol–water partition coefficient (Wildman–Crippen LogP) is 3.50. The van der Waals surface area contributed by atoms with Crippen LogP contribution in [-0.2, 0) is 14.8 Å². The first kappa shape index (κ1) is 20.2. The van der Waals surface area contributed by atoms with Crippen molar-refractivity contribution in [3.63, 3.8) is 0 Å². The van der Waals surface area contributed by atoms with Gasteiger partial charge in [-0.1, -0.05) is 6.42 Å². The van der Waals surface area contributed by atoms with Crippen LogP contribution in [0.2, 0.25) is 0 Å². The molecule has 1 saturated heterocycles. The van der Waals surface area contributed by atoms with Crippen LogP contribution in [0.4, 0.5) is 5.69 Å². The Morgan fingerprint density at radius 1 is 1.25 bits per heavy atom. The van der Waals surface area contributed by atoms with E-state index >= 15 is 0 Å². The van der Waals surface area contributed by atoms with Crippen molar-refractivity contribution in [1.29, 1.82) is 0 Å². The van der Waals surface area contributed by atoms with Gasteiger partial charge in [0.25, 0.3) is 0 Å². The summed E-state index contributed by atoms with van der Waals surface area (Å²) in [6.45, 7) is 3.14. The number of nitrogens with one attached hydrogen (secondary N) is 1. The highest BCUT2D eigenvalue weighted by Crippen LogP contribution is 2.31. The average molecular weight is 404 g/mol. The molecule has 0 bridgehead atoms. The number of hydrogen-bond acceptors (Lipinski definition) is 5. The maximum Gasteiger partial charge on any atom is 0.248 e. The van der Waals surface area contributed by atoms with Gasteiger partial charge in [0, 0.05) is 24.9 Å². The second-order valence-electron chi connectivity index (χ2n) is 6.40. The average Bonchev–Trinajstić information content (AvgIpc) is 3.22. The number of ether oxygens (including phenoxy) is 1. The van der Waals surface area contributed by atoms with E-state index in [1.54, 1.807) is 31.2 Å². The largest absolute Gasteiger partial charge is 0.492 e. The van der Waals surface area contributed by atoms with E-state index in [1.165, 1.54) is 28.8 Å². The molecule has 7 nitrogen and oxygen atoms in total. The molecule has 2 aromatic rings. The first-order valence-electron chi connectivity index (χ1n) is 9.30. The molecule has 1 aliphatic heterocycles. The number of amides is 1. The van der Waals surface area contributed by atoms with Crippen molar-refractivity contribution in [2.24, 2.45) is 0 Å². The predicted molar refractivity (Wildman–Crippen MR) is 107 cm³/mol. The fraction of sp³-hybridized carbons (Fsp3) is 0.350. The summed E-state index contributed by atoms with van der Waals surface area (Å²) in [5.74, 6) is 0.453. The number of sulfonamides is 1. The minimum absolute atomic E-state index is 0.0732. The zero-order valence-electron chi connectivity index (χ0n) is 15.8. The number of nitrogens with zero attached hydrogens (tertiary/aromatic N) is 1. The Morgan fingerprint density at radius 3 is 2.71 bits per heavy atom. The first-order valence-corrected chi connectivity index (χ1v) is 10.7. The van der Waals surface area contributed by atoms with Crippen LogP contribution in [0, 0.1) is 0 Å². The molecule has 150 valence electrons. The summed E-state index contributed by atoms with van der Waals surface area (Å²) in [6, 6.07) is 8.10.